The molecule has 1 saturated heterocycles. The molecule has 1 aromatic carbocycles. The van der Waals surface area contributed by atoms with Crippen LogP contribution in [0.4, 0.5) is 0 Å². The van der Waals surface area contributed by atoms with Gasteiger partial charge in [-0.2, -0.15) is 0 Å². The lowest BCUT2D eigenvalue weighted by Crippen LogP contribution is -2.32. The molecule has 0 amide bonds. The molecule has 1 aromatic heterocycles. The zero-order chi connectivity index (χ0) is 12.2. The summed E-state index contributed by atoms with van der Waals surface area (Å²) in [5.41, 5.74) is 3.25. The first-order chi connectivity index (χ1) is 8.92. The molecule has 2 aromatic rings. The second-order valence-electron chi connectivity index (χ2n) is 4.81. The molecule has 2 heterocycles. The lowest BCUT2D eigenvalue weighted by molar-refractivity contribution is 0.204. The maximum atomic E-state index is 4.20. The zero-order valence-electron chi connectivity index (χ0n) is 10.3. The Balaban J connectivity index is 1.54. The summed E-state index contributed by atoms with van der Waals surface area (Å²) in [5.74, 6) is 0.629. The van der Waals surface area contributed by atoms with Crippen molar-refractivity contribution in [3.05, 3.63) is 46.4 Å². The normalized spacial score (nSPS) is 18.0. The molecule has 18 heavy (non-hydrogen) atoms. The summed E-state index contributed by atoms with van der Waals surface area (Å²) >= 11 is 1.69. The van der Waals surface area contributed by atoms with Gasteiger partial charge in [0.05, 0.1) is 0 Å². The van der Waals surface area contributed by atoms with Crippen molar-refractivity contribution >= 4 is 11.3 Å². The van der Waals surface area contributed by atoms with E-state index in [0.717, 1.165) is 6.54 Å². The average molecular weight is 259 g/mol. The van der Waals surface area contributed by atoms with Gasteiger partial charge in [0, 0.05) is 12.5 Å². The number of hydrogen-bond donors (Lipinski definition) is 0. The van der Waals surface area contributed by atoms with E-state index < -0.39 is 0 Å². The van der Waals surface area contributed by atoms with Crippen molar-refractivity contribution in [2.45, 2.75) is 25.3 Å². The van der Waals surface area contributed by atoms with Crippen molar-refractivity contribution in [1.82, 2.24) is 15.1 Å². The van der Waals surface area contributed by atoms with Crippen LogP contribution in [-0.2, 0) is 6.54 Å². The highest BCUT2D eigenvalue weighted by Gasteiger charge is 2.22. The van der Waals surface area contributed by atoms with Crippen LogP contribution in [0, 0.1) is 0 Å². The standard InChI is InChI=1S/C14H17N3S/c1-2-4-12(5-3-1)10-17-8-6-13(7-9-17)14-16-15-11-18-14/h1-5,11,13H,6-10H2. The largest absolute Gasteiger partial charge is 0.299 e. The predicted octanol–water partition coefficient (Wildman–Crippen LogP) is 2.92. The van der Waals surface area contributed by atoms with E-state index in [1.165, 1.54) is 36.5 Å². The van der Waals surface area contributed by atoms with Gasteiger partial charge in [-0.3, -0.25) is 4.90 Å². The van der Waals surface area contributed by atoms with Crippen LogP contribution in [0.2, 0.25) is 0 Å². The summed E-state index contributed by atoms with van der Waals surface area (Å²) in [6, 6.07) is 10.7. The van der Waals surface area contributed by atoms with Gasteiger partial charge in [0.2, 0.25) is 0 Å². The van der Waals surface area contributed by atoms with Crippen LogP contribution < -0.4 is 0 Å². The number of hydrogen-bond acceptors (Lipinski definition) is 4. The molecular weight excluding hydrogens is 242 g/mol. The van der Waals surface area contributed by atoms with Crippen LogP contribution in [0.3, 0.4) is 0 Å². The molecular formula is C14H17N3S. The van der Waals surface area contributed by atoms with Gasteiger partial charge >= 0.3 is 0 Å². The second kappa shape index (κ2) is 5.59. The monoisotopic (exact) mass is 259 g/mol. The Morgan fingerprint density at radius 2 is 1.94 bits per heavy atom. The molecule has 0 radical (unpaired) electrons. The van der Waals surface area contributed by atoms with E-state index in [1.54, 1.807) is 11.3 Å². The van der Waals surface area contributed by atoms with Crippen LogP contribution in [0.15, 0.2) is 35.8 Å². The molecule has 0 aliphatic carbocycles. The highest BCUT2D eigenvalue weighted by Crippen LogP contribution is 2.29. The molecule has 1 aliphatic rings. The van der Waals surface area contributed by atoms with Gasteiger partial charge in [0.1, 0.15) is 10.5 Å². The number of benzene rings is 1. The summed E-state index contributed by atoms with van der Waals surface area (Å²) in [7, 11) is 0. The van der Waals surface area contributed by atoms with Crippen LogP contribution in [0.25, 0.3) is 0 Å². The molecule has 0 N–H and O–H groups in total. The molecule has 0 saturated carbocycles. The Morgan fingerprint density at radius 3 is 2.61 bits per heavy atom. The van der Waals surface area contributed by atoms with E-state index in [-0.39, 0.29) is 0 Å². The number of aromatic nitrogens is 2. The first-order valence-electron chi connectivity index (χ1n) is 6.44. The predicted molar refractivity (Wildman–Crippen MR) is 73.6 cm³/mol. The van der Waals surface area contributed by atoms with Gasteiger partial charge in [-0.15, -0.1) is 21.5 Å². The topological polar surface area (TPSA) is 29.0 Å². The Hall–Kier alpha value is -1.26. The number of likely N-dealkylation sites (tertiary alicyclic amines) is 1. The molecule has 1 fully saturated rings. The van der Waals surface area contributed by atoms with Gasteiger partial charge in [-0.05, 0) is 31.5 Å². The first-order valence-corrected chi connectivity index (χ1v) is 7.32. The molecule has 94 valence electrons. The quantitative estimate of drug-likeness (QED) is 0.848. The Labute approximate surface area is 111 Å². The first kappa shape index (κ1) is 11.8. The molecule has 1 aliphatic heterocycles. The van der Waals surface area contributed by atoms with Crippen molar-refractivity contribution in [3.63, 3.8) is 0 Å². The third-order valence-corrected chi connectivity index (χ3v) is 4.42. The lowest BCUT2D eigenvalue weighted by Gasteiger charge is -2.30. The van der Waals surface area contributed by atoms with Gasteiger partial charge < -0.3 is 0 Å². The summed E-state index contributed by atoms with van der Waals surface area (Å²) in [6.45, 7) is 3.40. The smallest absolute Gasteiger partial charge is 0.120 e. The highest BCUT2D eigenvalue weighted by molar-refractivity contribution is 7.09. The van der Waals surface area contributed by atoms with Gasteiger partial charge in [-0.25, -0.2) is 0 Å². The third-order valence-electron chi connectivity index (χ3n) is 3.56. The number of nitrogens with zero attached hydrogens (tertiary/aromatic N) is 3. The van der Waals surface area contributed by atoms with Crippen molar-refractivity contribution in [3.8, 4) is 0 Å². The van der Waals surface area contributed by atoms with Crippen molar-refractivity contribution in [2.75, 3.05) is 13.1 Å². The van der Waals surface area contributed by atoms with E-state index in [4.69, 9.17) is 0 Å². The summed E-state index contributed by atoms with van der Waals surface area (Å²) < 4.78 is 0. The maximum absolute atomic E-state index is 4.20. The highest BCUT2D eigenvalue weighted by atomic mass is 32.1. The van der Waals surface area contributed by atoms with Crippen molar-refractivity contribution in [2.24, 2.45) is 0 Å². The average Bonchev–Trinajstić information content (AvgIpc) is 2.95. The van der Waals surface area contributed by atoms with Crippen LogP contribution in [0.1, 0.15) is 29.3 Å². The minimum atomic E-state index is 0.629. The summed E-state index contributed by atoms with van der Waals surface area (Å²) in [6.07, 6.45) is 2.42. The fraction of sp³-hybridized carbons (Fsp3) is 0.429. The number of piperidine rings is 1. The fourth-order valence-electron chi connectivity index (χ4n) is 2.54. The molecule has 3 rings (SSSR count). The van der Waals surface area contributed by atoms with E-state index >= 15 is 0 Å². The molecule has 3 nitrogen and oxygen atoms in total. The van der Waals surface area contributed by atoms with E-state index in [0.29, 0.717) is 5.92 Å². The Bertz CT molecular complexity index is 461. The SMILES string of the molecule is c1ccc(CN2CCC(c3nncs3)CC2)cc1. The zero-order valence-corrected chi connectivity index (χ0v) is 11.1. The second-order valence-corrected chi connectivity index (χ2v) is 5.68. The molecule has 4 heteroatoms. The Kier molecular flexibility index (Phi) is 3.67. The third kappa shape index (κ3) is 2.76. The molecule has 0 spiro atoms. The summed E-state index contributed by atoms with van der Waals surface area (Å²) in [4.78, 5) is 2.53. The fourth-order valence-corrected chi connectivity index (χ4v) is 3.26. The van der Waals surface area contributed by atoms with E-state index in [1.807, 2.05) is 5.51 Å². The van der Waals surface area contributed by atoms with Gasteiger partial charge in [0.25, 0.3) is 0 Å². The lowest BCUT2D eigenvalue weighted by atomic mass is 9.97. The minimum Gasteiger partial charge on any atom is -0.299 e. The van der Waals surface area contributed by atoms with Crippen LogP contribution in [0.5, 0.6) is 0 Å². The molecule has 0 unspecified atom stereocenters. The van der Waals surface area contributed by atoms with Crippen LogP contribution in [-0.4, -0.2) is 28.2 Å². The summed E-state index contributed by atoms with van der Waals surface area (Å²) in [5, 5.41) is 9.35. The molecule has 0 atom stereocenters. The minimum absolute atomic E-state index is 0.629. The van der Waals surface area contributed by atoms with Crippen molar-refractivity contribution in [1.29, 1.82) is 0 Å². The van der Waals surface area contributed by atoms with Gasteiger partial charge in [-0.1, -0.05) is 30.3 Å². The van der Waals surface area contributed by atoms with Gasteiger partial charge in [0.15, 0.2) is 0 Å². The number of rotatable bonds is 3. The van der Waals surface area contributed by atoms with Crippen LogP contribution >= 0.6 is 11.3 Å². The molecule has 0 bridgehead atoms. The maximum Gasteiger partial charge on any atom is 0.120 e. The van der Waals surface area contributed by atoms with Crippen molar-refractivity contribution < 1.29 is 0 Å². The van der Waals surface area contributed by atoms with E-state index in [9.17, 15) is 0 Å². The van der Waals surface area contributed by atoms with E-state index in [2.05, 4.69) is 45.4 Å². The Morgan fingerprint density at radius 1 is 1.17 bits per heavy atom.